The zero-order valence-corrected chi connectivity index (χ0v) is 18.3. The first-order chi connectivity index (χ1) is 14.1. The van der Waals surface area contributed by atoms with Crippen LogP contribution in [-0.2, 0) is 15.3 Å². The molecule has 3 aromatic rings. The molecule has 160 valence electrons. The van der Waals surface area contributed by atoms with Crippen LogP contribution in [0, 0.1) is 5.92 Å². The molecule has 9 nitrogen and oxygen atoms in total. The second kappa shape index (κ2) is 8.39. The quantitative estimate of drug-likeness (QED) is 0.552. The van der Waals surface area contributed by atoms with Crippen molar-refractivity contribution in [3.63, 3.8) is 0 Å². The lowest BCUT2D eigenvalue weighted by atomic mass is 9.72. The third-order valence-corrected chi connectivity index (χ3v) is 6.23. The first-order valence-corrected chi connectivity index (χ1v) is 11.6. The lowest BCUT2D eigenvalue weighted by Gasteiger charge is -2.31. The number of rotatable bonds is 8. The molecule has 3 rings (SSSR count). The van der Waals surface area contributed by atoms with Crippen LogP contribution < -0.4 is 11.1 Å². The van der Waals surface area contributed by atoms with Crippen molar-refractivity contribution in [2.75, 3.05) is 29.6 Å². The molecular weight excluding hydrogens is 404 g/mol. The zero-order chi connectivity index (χ0) is 21.9. The molecule has 0 saturated heterocycles. The summed E-state index contributed by atoms with van der Waals surface area (Å²) >= 11 is 0. The highest BCUT2D eigenvalue weighted by Gasteiger charge is 2.37. The van der Waals surface area contributed by atoms with Gasteiger partial charge in [-0.25, -0.2) is 18.4 Å². The zero-order valence-electron chi connectivity index (χ0n) is 17.5. The maximum atomic E-state index is 11.3. The molecule has 3 N–H and O–H groups in total. The Morgan fingerprint density at radius 2 is 1.77 bits per heavy atom. The van der Waals surface area contributed by atoms with Crippen LogP contribution in [0.2, 0.25) is 0 Å². The summed E-state index contributed by atoms with van der Waals surface area (Å²) < 4.78 is 27.9. The van der Waals surface area contributed by atoms with Crippen LogP contribution in [0.5, 0.6) is 0 Å². The third kappa shape index (κ3) is 4.76. The number of hydrogen-bond acceptors (Lipinski definition) is 9. The summed E-state index contributed by atoms with van der Waals surface area (Å²) in [4.78, 5) is 12.5. The molecule has 1 atom stereocenters. The van der Waals surface area contributed by atoms with Crippen LogP contribution in [0.4, 0.5) is 12.0 Å². The molecule has 30 heavy (non-hydrogen) atoms. The van der Waals surface area contributed by atoms with E-state index >= 15 is 0 Å². The molecule has 0 amide bonds. The summed E-state index contributed by atoms with van der Waals surface area (Å²) in [6.45, 7) is 6.45. The number of sulfone groups is 1. The molecule has 1 aromatic carbocycles. The molecule has 10 heteroatoms. The van der Waals surface area contributed by atoms with Gasteiger partial charge >= 0.3 is 6.01 Å². The van der Waals surface area contributed by atoms with Gasteiger partial charge in [-0.1, -0.05) is 43.3 Å². The lowest BCUT2D eigenvalue weighted by Crippen LogP contribution is -2.31. The SMILES string of the molecule is CC(C)C(C)(c1ccc(-c2cnc(N)nc2)cc1)c1noc(NCCS(C)(=O)=O)n1. The second-order valence-corrected chi connectivity index (χ2v) is 10.0. The Morgan fingerprint density at radius 3 is 2.33 bits per heavy atom. The van der Waals surface area contributed by atoms with Gasteiger partial charge in [-0.05, 0) is 24.0 Å². The van der Waals surface area contributed by atoms with Crippen molar-refractivity contribution in [3.05, 3.63) is 48.0 Å². The number of nitrogen functional groups attached to an aromatic ring is 1. The molecule has 0 aliphatic rings. The third-order valence-electron chi connectivity index (χ3n) is 5.28. The van der Waals surface area contributed by atoms with E-state index < -0.39 is 15.3 Å². The highest BCUT2D eigenvalue weighted by molar-refractivity contribution is 7.90. The fourth-order valence-corrected chi connectivity index (χ4v) is 3.54. The largest absolute Gasteiger partial charge is 0.368 e. The van der Waals surface area contributed by atoms with Crippen LogP contribution in [0.15, 0.2) is 41.2 Å². The fraction of sp³-hybridized carbons (Fsp3) is 0.400. The Hall–Kier alpha value is -3.01. The minimum absolute atomic E-state index is 0.0114. The molecule has 0 saturated carbocycles. The van der Waals surface area contributed by atoms with Crippen LogP contribution in [-0.4, -0.2) is 47.1 Å². The van der Waals surface area contributed by atoms with Crippen LogP contribution in [0.25, 0.3) is 11.1 Å². The van der Waals surface area contributed by atoms with E-state index in [1.807, 2.05) is 24.3 Å². The lowest BCUT2D eigenvalue weighted by molar-refractivity contribution is 0.351. The average molecular weight is 431 g/mol. The molecule has 0 bridgehead atoms. The van der Waals surface area contributed by atoms with Gasteiger partial charge in [-0.15, -0.1) is 0 Å². The van der Waals surface area contributed by atoms with Gasteiger partial charge < -0.3 is 15.6 Å². The molecular formula is C20H26N6O3S. The van der Waals surface area contributed by atoms with Crippen molar-refractivity contribution in [2.45, 2.75) is 26.2 Å². The maximum Gasteiger partial charge on any atom is 0.321 e. The van der Waals surface area contributed by atoms with Gasteiger partial charge in [0, 0.05) is 30.8 Å². The Morgan fingerprint density at radius 1 is 1.13 bits per heavy atom. The van der Waals surface area contributed by atoms with Crippen molar-refractivity contribution in [1.29, 1.82) is 0 Å². The van der Waals surface area contributed by atoms with E-state index in [0.717, 1.165) is 16.7 Å². The predicted molar refractivity (Wildman–Crippen MR) is 116 cm³/mol. The predicted octanol–water partition coefficient (Wildman–Crippen LogP) is 2.53. The van der Waals surface area contributed by atoms with E-state index in [4.69, 9.17) is 10.3 Å². The monoisotopic (exact) mass is 430 g/mol. The summed E-state index contributed by atoms with van der Waals surface area (Å²) in [6.07, 6.45) is 4.56. The average Bonchev–Trinajstić information content (AvgIpc) is 3.16. The van der Waals surface area contributed by atoms with Crippen molar-refractivity contribution in [3.8, 4) is 11.1 Å². The van der Waals surface area contributed by atoms with Crippen LogP contribution >= 0.6 is 0 Å². The van der Waals surface area contributed by atoms with Gasteiger partial charge in [0.15, 0.2) is 5.82 Å². The van der Waals surface area contributed by atoms with Crippen LogP contribution in [0.1, 0.15) is 32.2 Å². The molecule has 0 spiro atoms. The Balaban J connectivity index is 1.84. The minimum atomic E-state index is -3.07. The highest BCUT2D eigenvalue weighted by atomic mass is 32.2. The van der Waals surface area contributed by atoms with Gasteiger partial charge in [0.1, 0.15) is 9.84 Å². The molecule has 2 aromatic heterocycles. The molecule has 1 unspecified atom stereocenters. The fourth-order valence-electron chi connectivity index (χ4n) is 3.07. The van der Waals surface area contributed by atoms with Crippen molar-refractivity contribution >= 4 is 21.8 Å². The van der Waals surface area contributed by atoms with Crippen LogP contribution in [0.3, 0.4) is 0 Å². The Bertz CT molecular complexity index is 1090. The number of aromatic nitrogens is 4. The molecule has 0 radical (unpaired) electrons. The minimum Gasteiger partial charge on any atom is -0.368 e. The van der Waals surface area contributed by atoms with Gasteiger partial charge in [-0.3, -0.25) is 0 Å². The Kier molecular flexibility index (Phi) is 6.06. The van der Waals surface area contributed by atoms with Crippen molar-refractivity contribution in [1.82, 2.24) is 20.1 Å². The summed E-state index contributed by atoms with van der Waals surface area (Å²) in [6, 6.07) is 8.25. The normalized spacial score (nSPS) is 13.9. The molecule has 0 fully saturated rings. The van der Waals surface area contributed by atoms with Gasteiger partial charge in [0.05, 0.1) is 11.2 Å². The van der Waals surface area contributed by atoms with E-state index in [-0.39, 0.29) is 30.2 Å². The van der Waals surface area contributed by atoms with E-state index in [1.54, 1.807) is 12.4 Å². The summed E-state index contributed by atoms with van der Waals surface area (Å²) in [5.74, 6) is 0.927. The molecule has 0 aliphatic heterocycles. The van der Waals surface area contributed by atoms with Crippen molar-refractivity contribution in [2.24, 2.45) is 5.92 Å². The van der Waals surface area contributed by atoms with E-state index in [2.05, 4.69) is 46.2 Å². The summed E-state index contributed by atoms with van der Waals surface area (Å²) in [5.41, 5.74) is 7.93. The first kappa shape index (κ1) is 21.7. The summed E-state index contributed by atoms with van der Waals surface area (Å²) in [7, 11) is -3.07. The van der Waals surface area contributed by atoms with E-state index in [1.165, 1.54) is 6.26 Å². The molecule has 2 heterocycles. The summed E-state index contributed by atoms with van der Waals surface area (Å²) in [5, 5.41) is 7.04. The number of benzene rings is 1. The van der Waals surface area contributed by atoms with E-state index in [9.17, 15) is 8.42 Å². The first-order valence-electron chi connectivity index (χ1n) is 9.54. The van der Waals surface area contributed by atoms with Gasteiger partial charge in [-0.2, -0.15) is 4.98 Å². The topological polar surface area (TPSA) is 137 Å². The van der Waals surface area contributed by atoms with E-state index in [0.29, 0.717) is 5.82 Å². The Labute approximate surface area is 176 Å². The number of nitrogens with one attached hydrogen (secondary N) is 1. The molecule has 0 aliphatic carbocycles. The van der Waals surface area contributed by atoms with Crippen molar-refractivity contribution < 1.29 is 12.9 Å². The smallest absolute Gasteiger partial charge is 0.321 e. The second-order valence-electron chi connectivity index (χ2n) is 7.74. The number of hydrogen-bond donors (Lipinski definition) is 2. The number of nitrogens with zero attached hydrogens (tertiary/aromatic N) is 4. The highest BCUT2D eigenvalue weighted by Crippen LogP contribution is 2.38. The number of anilines is 2. The maximum absolute atomic E-state index is 11.3. The number of nitrogens with two attached hydrogens (primary N) is 1. The van der Waals surface area contributed by atoms with Gasteiger partial charge in [0.2, 0.25) is 5.95 Å². The van der Waals surface area contributed by atoms with Gasteiger partial charge in [0.25, 0.3) is 0 Å². The standard InChI is InChI=1S/C20H26N6O3S/c1-13(2)20(3,17-25-19(29-26-17)22-9-10-30(4,27)28)16-7-5-14(6-8-16)15-11-23-18(21)24-12-15/h5-8,11-13H,9-10H2,1-4H3,(H2,21,23,24)(H,22,25,26).